The number of rotatable bonds is 3. The van der Waals surface area contributed by atoms with E-state index in [0.717, 1.165) is 37.8 Å². The molecule has 4 heterocycles. The van der Waals surface area contributed by atoms with Gasteiger partial charge in [0, 0.05) is 45.3 Å². The molecular weight excluding hydrogens is 405 g/mol. The molecule has 0 aliphatic carbocycles. The summed E-state index contributed by atoms with van der Waals surface area (Å²) in [5.74, 6) is 1.87. The van der Waals surface area contributed by atoms with Gasteiger partial charge in [0.25, 0.3) is 5.91 Å². The van der Waals surface area contributed by atoms with E-state index in [4.69, 9.17) is 23.2 Å². The molecule has 0 saturated carbocycles. The van der Waals surface area contributed by atoms with Crippen LogP contribution in [0.1, 0.15) is 29.6 Å². The van der Waals surface area contributed by atoms with Gasteiger partial charge in [-0.05, 0) is 25.3 Å². The number of carbonyl (C=O) groups excluding carboxylic acids is 1. The van der Waals surface area contributed by atoms with Crippen molar-refractivity contribution in [3.63, 3.8) is 0 Å². The fourth-order valence-corrected chi connectivity index (χ4v) is 5.05. The van der Waals surface area contributed by atoms with Gasteiger partial charge in [-0.2, -0.15) is 0 Å². The third kappa shape index (κ3) is 4.15. The van der Waals surface area contributed by atoms with Crippen LogP contribution in [0, 0.1) is 0 Å². The fourth-order valence-electron chi connectivity index (χ4n) is 3.60. The van der Waals surface area contributed by atoms with Gasteiger partial charge in [0.15, 0.2) is 0 Å². The first kappa shape index (κ1) is 18.8. The van der Waals surface area contributed by atoms with E-state index in [9.17, 15) is 4.79 Å². The molecule has 0 atom stereocenters. The topological polar surface area (TPSA) is 52.6 Å². The van der Waals surface area contributed by atoms with Gasteiger partial charge in [-0.15, -0.1) is 11.3 Å². The number of amides is 1. The molecule has 0 bridgehead atoms. The number of hydrogen-bond acceptors (Lipinski definition) is 6. The van der Waals surface area contributed by atoms with Crippen molar-refractivity contribution in [3.8, 4) is 0 Å². The summed E-state index contributed by atoms with van der Waals surface area (Å²) in [6.07, 6.45) is 5.37. The first-order valence-electron chi connectivity index (χ1n) is 9.18. The number of piperidine rings is 1. The smallest absolute Gasteiger partial charge is 0.256 e. The molecule has 2 aliphatic heterocycles. The van der Waals surface area contributed by atoms with Crippen LogP contribution < -0.4 is 9.80 Å². The summed E-state index contributed by atoms with van der Waals surface area (Å²) in [6, 6.07) is 3.72. The highest BCUT2D eigenvalue weighted by atomic mass is 35.5. The fraction of sp³-hybridized carbons (Fsp3) is 0.500. The molecule has 144 valence electrons. The molecule has 9 heteroatoms. The van der Waals surface area contributed by atoms with Crippen LogP contribution in [0.5, 0.6) is 0 Å². The van der Waals surface area contributed by atoms with Gasteiger partial charge in [0.05, 0.1) is 9.90 Å². The maximum absolute atomic E-state index is 12.7. The molecule has 4 rings (SSSR count). The molecule has 0 aromatic carbocycles. The molecule has 0 radical (unpaired) electrons. The van der Waals surface area contributed by atoms with Crippen LogP contribution in [0.25, 0.3) is 0 Å². The van der Waals surface area contributed by atoms with Crippen molar-refractivity contribution in [2.45, 2.75) is 19.3 Å². The molecule has 2 aromatic heterocycles. The zero-order valence-corrected chi connectivity index (χ0v) is 17.2. The van der Waals surface area contributed by atoms with Crippen LogP contribution >= 0.6 is 34.5 Å². The minimum absolute atomic E-state index is 0.0560. The van der Waals surface area contributed by atoms with E-state index in [-0.39, 0.29) is 5.91 Å². The van der Waals surface area contributed by atoms with E-state index in [2.05, 4.69) is 25.8 Å². The van der Waals surface area contributed by atoms with Crippen LogP contribution in [0.3, 0.4) is 0 Å². The van der Waals surface area contributed by atoms with Crippen LogP contribution in [-0.4, -0.2) is 60.0 Å². The molecule has 1 amide bonds. The predicted molar refractivity (Wildman–Crippen MR) is 111 cm³/mol. The third-order valence-corrected chi connectivity index (χ3v) is 6.58. The van der Waals surface area contributed by atoms with Gasteiger partial charge in [-0.3, -0.25) is 4.79 Å². The summed E-state index contributed by atoms with van der Waals surface area (Å²) in [7, 11) is 0. The molecule has 6 nitrogen and oxygen atoms in total. The standard InChI is InChI=1S/C18H21Cl2N5OS/c19-14-10-13(17(20)27-14)18(26)25-8-6-24(7-9-25)16-11-15(21-12-22-16)23-4-2-1-3-5-23/h10-12H,1-9H2. The lowest BCUT2D eigenvalue weighted by Crippen LogP contribution is -2.49. The quantitative estimate of drug-likeness (QED) is 0.748. The van der Waals surface area contributed by atoms with Crippen molar-refractivity contribution in [1.82, 2.24) is 14.9 Å². The van der Waals surface area contributed by atoms with E-state index in [1.54, 1.807) is 12.4 Å². The highest BCUT2D eigenvalue weighted by Gasteiger charge is 2.26. The molecule has 0 spiro atoms. The van der Waals surface area contributed by atoms with Crippen molar-refractivity contribution in [3.05, 3.63) is 32.7 Å². The number of piperazine rings is 1. The van der Waals surface area contributed by atoms with Crippen molar-refractivity contribution >= 4 is 52.1 Å². The summed E-state index contributed by atoms with van der Waals surface area (Å²) < 4.78 is 0.989. The maximum Gasteiger partial charge on any atom is 0.256 e. The minimum atomic E-state index is -0.0560. The number of carbonyl (C=O) groups is 1. The summed E-state index contributed by atoms with van der Waals surface area (Å²) >= 11 is 13.3. The Morgan fingerprint density at radius 1 is 0.889 bits per heavy atom. The van der Waals surface area contributed by atoms with Crippen LogP contribution in [0.2, 0.25) is 8.67 Å². The molecule has 27 heavy (non-hydrogen) atoms. The average molecular weight is 426 g/mol. The summed E-state index contributed by atoms with van der Waals surface area (Å²) in [5, 5.41) is 0. The maximum atomic E-state index is 12.7. The second kappa shape index (κ2) is 8.20. The van der Waals surface area contributed by atoms with Crippen LogP contribution in [-0.2, 0) is 0 Å². The van der Waals surface area contributed by atoms with E-state index >= 15 is 0 Å². The summed E-state index contributed by atoms with van der Waals surface area (Å²) in [6.45, 7) is 4.85. The van der Waals surface area contributed by atoms with Gasteiger partial charge in [0.2, 0.25) is 0 Å². The molecule has 0 N–H and O–H groups in total. The van der Waals surface area contributed by atoms with Crippen molar-refractivity contribution in [2.75, 3.05) is 49.1 Å². The lowest BCUT2D eigenvalue weighted by atomic mass is 10.1. The van der Waals surface area contributed by atoms with E-state index < -0.39 is 0 Å². The number of anilines is 2. The molecular formula is C18H21Cl2N5OS. The third-order valence-electron chi connectivity index (χ3n) is 5.10. The molecule has 2 aliphatic rings. The first-order valence-corrected chi connectivity index (χ1v) is 10.7. The zero-order valence-electron chi connectivity index (χ0n) is 14.9. The lowest BCUT2D eigenvalue weighted by Gasteiger charge is -2.36. The lowest BCUT2D eigenvalue weighted by molar-refractivity contribution is 0.0747. The Morgan fingerprint density at radius 3 is 2.11 bits per heavy atom. The average Bonchev–Trinajstić information content (AvgIpc) is 3.06. The monoisotopic (exact) mass is 425 g/mol. The molecule has 0 unspecified atom stereocenters. The Bertz CT molecular complexity index is 816. The Kier molecular flexibility index (Phi) is 5.71. The van der Waals surface area contributed by atoms with Gasteiger partial charge in [0.1, 0.15) is 22.3 Å². The second-order valence-electron chi connectivity index (χ2n) is 6.80. The number of thiophene rings is 1. The van der Waals surface area contributed by atoms with Gasteiger partial charge < -0.3 is 14.7 Å². The Labute approximate surface area is 172 Å². The van der Waals surface area contributed by atoms with E-state index in [0.29, 0.717) is 27.3 Å². The van der Waals surface area contributed by atoms with Gasteiger partial charge in [-0.25, -0.2) is 9.97 Å². The number of nitrogens with zero attached hydrogens (tertiary/aromatic N) is 5. The van der Waals surface area contributed by atoms with Crippen LogP contribution in [0.15, 0.2) is 18.5 Å². The Morgan fingerprint density at radius 2 is 1.52 bits per heavy atom. The predicted octanol–water partition coefficient (Wildman–Crippen LogP) is 3.80. The largest absolute Gasteiger partial charge is 0.356 e. The molecule has 2 aromatic rings. The first-order chi connectivity index (χ1) is 13.1. The van der Waals surface area contributed by atoms with Gasteiger partial charge in [-0.1, -0.05) is 23.2 Å². The molecule has 2 saturated heterocycles. The van der Waals surface area contributed by atoms with Crippen molar-refractivity contribution in [1.29, 1.82) is 0 Å². The number of aromatic nitrogens is 2. The number of halogens is 2. The minimum Gasteiger partial charge on any atom is -0.356 e. The summed E-state index contributed by atoms with van der Waals surface area (Å²) in [5.41, 5.74) is 0.495. The summed E-state index contributed by atoms with van der Waals surface area (Å²) in [4.78, 5) is 27.9. The Balaban J connectivity index is 1.40. The van der Waals surface area contributed by atoms with Crippen molar-refractivity contribution in [2.24, 2.45) is 0 Å². The SMILES string of the molecule is O=C(c1cc(Cl)sc1Cl)N1CCN(c2cc(N3CCCCC3)ncn2)CC1. The van der Waals surface area contributed by atoms with Crippen LogP contribution in [0.4, 0.5) is 11.6 Å². The molecule has 2 fully saturated rings. The highest BCUT2D eigenvalue weighted by molar-refractivity contribution is 7.20. The second-order valence-corrected chi connectivity index (χ2v) is 9.08. The normalized spacial score (nSPS) is 18.1. The zero-order chi connectivity index (χ0) is 18.8. The van der Waals surface area contributed by atoms with E-state index in [1.807, 2.05) is 4.90 Å². The number of hydrogen-bond donors (Lipinski definition) is 0. The Hall–Kier alpha value is -1.57. The highest BCUT2D eigenvalue weighted by Crippen LogP contribution is 2.32. The van der Waals surface area contributed by atoms with Crippen molar-refractivity contribution < 1.29 is 4.79 Å². The van der Waals surface area contributed by atoms with Gasteiger partial charge >= 0.3 is 0 Å². The van der Waals surface area contributed by atoms with E-state index in [1.165, 1.54) is 30.6 Å².